The second-order valence-corrected chi connectivity index (χ2v) is 6.68. The second-order valence-electron chi connectivity index (χ2n) is 6.68. The van der Waals surface area contributed by atoms with Gasteiger partial charge < -0.3 is 4.90 Å². The Balaban J connectivity index is 2.30. The lowest BCUT2D eigenvalue weighted by atomic mass is 9.75. The molecular weight excluding hydrogens is 275 g/mol. The summed E-state index contributed by atoms with van der Waals surface area (Å²) in [7, 11) is 3.44. The Kier molecular flexibility index (Phi) is 4.54. The van der Waals surface area contributed by atoms with Crippen molar-refractivity contribution in [3.05, 3.63) is 36.1 Å². The lowest BCUT2D eigenvalue weighted by Gasteiger charge is -2.30. The first-order valence-corrected chi connectivity index (χ1v) is 7.49. The first kappa shape index (κ1) is 16.2. The van der Waals surface area contributed by atoms with Gasteiger partial charge in [0.05, 0.1) is 5.57 Å². The third-order valence-corrected chi connectivity index (χ3v) is 4.80. The lowest BCUT2D eigenvalue weighted by Crippen LogP contribution is -2.23. The summed E-state index contributed by atoms with van der Waals surface area (Å²) in [6.07, 6.45) is 3.06. The van der Waals surface area contributed by atoms with Gasteiger partial charge in [-0.3, -0.25) is 0 Å². The van der Waals surface area contributed by atoms with Gasteiger partial charge in [0.1, 0.15) is 0 Å². The maximum absolute atomic E-state index is 13.2. The highest BCUT2D eigenvalue weighted by molar-refractivity contribution is 5.28. The molecule has 0 aromatic rings. The number of alkyl halides is 3. The summed E-state index contributed by atoms with van der Waals surface area (Å²) < 4.78 is 39.7. The molecule has 0 aromatic carbocycles. The predicted molar refractivity (Wildman–Crippen MR) is 79.6 cm³/mol. The number of hydrogen-bond donors (Lipinski definition) is 0. The summed E-state index contributed by atoms with van der Waals surface area (Å²) in [5.74, 6) is 1.13. The Hall–Kier alpha value is -1.19. The van der Waals surface area contributed by atoms with Crippen LogP contribution < -0.4 is 0 Å². The van der Waals surface area contributed by atoms with E-state index in [4.69, 9.17) is 0 Å². The van der Waals surface area contributed by atoms with Crippen molar-refractivity contribution in [2.24, 2.45) is 23.7 Å². The van der Waals surface area contributed by atoms with E-state index in [0.717, 1.165) is 24.8 Å². The molecule has 0 N–H and O–H groups in total. The normalized spacial score (nSPS) is 33.0. The topological polar surface area (TPSA) is 3.24 Å². The van der Waals surface area contributed by atoms with Gasteiger partial charge in [0, 0.05) is 14.1 Å². The molecule has 0 aliphatic heterocycles. The molecule has 0 aromatic heterocycles. The van der Waals surface area contributed by atoms with Crippen molar-refractivity contribution in [1.29, 1.82) is 0 Å². The summed E-state index contributed by atoms with van der Waals surface area (Å²) in [5, 5.41) is 0. The predicted octanol–water partition coefficient (Wildman–Crippen LogP) is 4.79. The van der Waals surface area contributed by atoms with Crippen molar-refractivity contribution in [1.82, 2.24) is 4.90 Å². The molecule has 2 rings (SSSR count). The zero-order chi connectivity index (χ0) is 15.8. The quantitative estimate of drug-likeness (QED) is 0.533. The number of rotatable bonds is 4. The molecule has 2 aliphatic carbocycles. The lowest BCUT2D eigenvalue weighted by molar-refractivity contribution is -0.0889. The summed E-state index contributed by atoms with van der Waals surface area (Å²) >= 11 is 0. The SMILES string of the molecule is C=C(C)C1C2CCC(C2)C1/C=C(\C=C/N(C)C)C(F)(F)F. The largest absolute Gasteiger partial charge is 0.416 e. The van der Waals surface area contributed by atoms with Crippen LogP contribution in [0.2, 0.25) is 0 Å². The summed E-state index contributed by atoms with van der Waals surface area (Å²) in [6.45, 7) is 5.97. The van der Waals surface area contributed by atoms with Crippen molar-refractivity contribution in [3.8, 4) is 0 Å². The molecule has 21 heavy (non-hydrogen) atoms. The third kappa shape index (κ3) is 3.53. The molecule has 4 atom stereocenters. The molecule has 4 unspecified atom stereocenters. The average Bonchev–Trinajstić information content (AvgIpc) is 2.92. The first-order valence-electron chi connectivity index (χ1n) is 7.49. The molecular formula is C17H24F3N. The minimum atomic E-state index is -4.30. The van der Waals surface area contributed by atoms with Gasteiger partial charge in [0.25, 0.3) is 0 Å². The van der Waals surface area contributed by atoms with Crippen LogP contribution in [0.1, 0.15) is 26.2 Å². The zero-order valence-electron chi connectivity index (χ0n) is 13.0. The van der Waals surface area contributed by atoms with Crippen LogP contribution in [0.5, 0.6) is 0 Å². The Morgan fingerprint density at radius 1 is 1.19 bits per heavy atom. The van der Waals surface area contributed by atoms with Crippen LogP contribution >= 0.6 is 0 Å². The molecule has 0 saturated heterocycles. The highest BCUT2D eigenvalue weighted by Crippen LogP contribution is 2.55. The fourth-order valence-corrected chi connectivity index (χ4v) is 3.99. The van der Waals surface area contributed by atoms with E-state index < -0.39 is 11.7 Å². The number of fused-ring (bicyclic) bond motifs is 2. The molecule has 118 valence electrons. The van der Waals surface area contributed by atoms with Crippen LogP contribution in [0.3, 0.4) is 0 Å². The summed E-state index contributed by atoms with van der Waals surface area (Å²) in [4.78, 5) is 1.62. The maximum Gasteiger partial charge on any atom is 0.416 e. The summed E-state index contributed by atoms with van der Waals surface area (Å²) in [5.41, 5.74) is 0.501. The van der Waals surface area contributed by atoms with E-state index in [1.165, 1.54) is 18.4 Å². The molecule has 2 fully saturated rings. The maximum atomic E-state index is 13.2. The Morgan fingerprint density at radius 2 is 1.81 bits per heavy atom. The van der Waals surface area contributed by atoms with Crippen molar-refractivity contribution in [2.45, 2.75) is 32.4 Å². The van der Waals surface area contributed by atoms with E-state index in [1.807, 2.05) is 6.92 Å². The Labute approximate surface area is 125 Å². The highest BCUT2D eigenvalue weighted by Gasteiger charge is 2.47. The van der Waals surface area contributed by atoms with Crippen LogP contribution in [0.4, 0.5) is 13.2 Å². The van der Waals surface area contributed by atoms with E-state index in [9.17, 15) is 13.2 Å². The Morgan fingerprint density at radius 3 is 2.33 bits per heavy atom. The first-order chi connectivity index (χ1) is 9.70. The van der Waals surface area contributed by atoms with E-state index >= 15 is 0 Å². The fourth-order valence-electron chi connectivity index (χ4n) is 3.99. The highest BCUT2D eigenvalue weighted by atomic mass is 19.4. The molecule has 1 nitrogen and oxygen atoms in total. The molecule has 0 heterocycles. The molecule has 0 radical (unpaired) electrons. The number of allylic oxidation sites excluding steroid dienone is 4. The van der Waals surface area contributed by atoms with Crippen LogP contribution in [0.25, 0.3) is 0 Å². The van der Waals surface area contributed by atoms with Crippen molar-refractivity contribution >= 4 is 0 Å². The van der Waals surface area contributed by atoms with Gasteiger partial charge >= 0.3 is 6.18 Å². The van der Waals surface area contributed by atoms with Crippen LogP contribution in [0.15, 0.2) is 36.1 Å². The van der Waals surface area contributed by atoms with E-state index in [-0.39, 0.29) is 11.8 Å². The fraction of sp³-hybridized carbons (Fsp3) is 0.647. The Bertz CT molecular complexity index is 459. The molecule has 0 amide bonds. The van der Waals surface area contributed by atoms with Gasteiger partial charge in [-0.25, -0.2) is 0 Å². The van der Waals surface area contributed by atoms with Crippen LogP contribution in [-0.4, -0.2) is 25.2 Å². The van der Waals surface area contributed by atoms with Gasteiger partial charge in [0.15, 0.2) is 0 Å². The molecule has 2 aliphatic rings. The molecule has 4 heteroatoms. The van der Waals surface area contributed by atoms with E-state index in [2.05, 4.69) is 6.58 Å². The van der Waals surface area contributed by atoms with Gasteiger partial charge in [-0.05, 0) is 62.1 Å². The van der Waals surface area contributed by atoms with Crippen molar-refractivity contribution < 1.29 is 13.2 Å². The van der Waals surface area contributed by atoms with Crippen LogP contribution in [-0.2, 0) is 0 Å². The van der Waals surface area contributed by atoms with Gasteiger partial charge in [-0.15, -0.1) is 0 Å². The number of hydrogen-bond acceptors (Lipinski definition) is 1. The van der Waals surface area contributed by atoms with Gasteiger partial charge in [-0.1, -0.05) is 18.2 Å². The second kappa shape index (κ2) is 5.90. The van der Waals surface area contributed by atoms with Crippen molar-refractivity contribution in [2.75, 3.05) is 14.1 Å². The number of nitrogens with zero attached hydrogens (tertiary/aromatic N) is 1. The monoisotopic (exact) mass is 299 g/mol. The average molecular weight is 299 g/mol. The molecule has 0 spiro atoms. The van der Waals surface area contributed by atoms with Crippen molar-refractivity contribution in [3.63, 3.8) is 0 Å². The smallest absolute Gasteiger partial charge is 0.383 e. The number of halogens is 3. The minimum absolute atomic E-state index is 0.00955. The third-order valence-electron chi connectivity index (χ3n) is 4.80. The van der Waals surface area contributed by atoms with Crippen LogP contribution in [0, 0.1) is 23.7 Å². The molecule has 2 saturated carbocycles. The van der Waals surface area contributed by atoms with Gasteiger partial charge in [-0.2, -0.15) is 13.2 Å². The minimum Gasteiger partial charge on any atom is -0.383 e. The summed E-state index contributed by atoms with van der Waals surface area (Å²) in [6, 6.07) is 0. The molecule has 2 bridgehead atoms. The van der Waals surface area contributed by atoms with E-state index in [0.29, 0.717) is 11.8 Å². The standard InChI is InChI=1S/C17H24F3N/c1-11(2)16-13-6-5-12(9-13)15(16)10-14(17(18,19)20)7-8-21(3)4/h7-8,10,12-13,15-16H,1,5-6,9H2,2-4H3/b8-7-,14-10+. The zero-order valence-corrected chi connectivity index (χ0v) is 13.0. The van der Waals surface area contributed by atoms with Gasteiger partial charge in [0.2, 0.25) is 0 Å². The van der Waals surface area contributed by atoms with E-state index in [1.54, 1.807) is 19.0 Å².